The fourth-order valence-corrected chi connectivity index (χ4v) is 4.38. The average Bonchev–Trinajstić information content (AvgIpc) is 2.70. The molecule has 2 aliphatic rings. The number of carbonyl (C=O) groups is 1. The number of hydrogen-bond donors (Lipinski definition) is 1. The summed E-state index contributed by atoms with van der Waals surface area (Å²) in [5.41, 5.74) is 11.2. The zero-order chi connectivity index (χ0) is 20.7. The molecular weight excluding hydrogens is 365 g/mol. The molecule has 0 saturated heterocycles. The molecule has 2 N–H and O–H groups in total. The number of carbonyl (C=O) groups excluding carboxylic acids is 1. The predicted octanol–water partition coefficient (Wildman–Crippen LogP) is 4.75. The molecule has 4 rings (SSSR count). The lowest BCUT2D eigenvalue weighted by atomic mass is 9.74. The Balaban J connectivity index is 2.03. The van der Waals surface area contributed by atoms with Gasteiger partial charge in [0.25, 0.3) is 0 Å². The van der Waals surface area contributed by atoms with Gasteiger partial charge in [-0.2, -0.15) is 5.26 Å². The molecule has 0 fully saturated rings. The number of aryl methyl sites for hydroxylation is 2. The van der Waals surface area contributed by atoms with E-state index in [0.717, 1.165) is 16.7 Å². The number of para-hydroxylation sites is 1. The summed E-state index contributed by atoms with van der Waals surface area (Å²) >= 11 is 0. The van der Waals surface area contributed by atoms with Gasteiger partial charge in [0.1, 0.15) is 11.6 Å². The monoisotopic (exact) mass is 387 g/mol. The molecule has 29 heavy (non-hydrogen) atoms. The van der Waals surface area contributed by atoms with Crippen LogP contribution < -0.4 is 10.6 Å². The number of nitriles is 1. The van der Waals surface area contributed by atoms with E-state index < -0.39 is 11.7 Å². The van der Waals surface area contributed by atoms with Crippen molar-refractivity contribution >= 4 is 11.5 Å². The van der Waals surface area contributed by atoms with Crippen LogP contribution in [0, 0.1) is 31.0 Å². The normalized spacial score (nSPS) is 19.3. The second-order valence-corrected chi connectivity index (χ2v) is 7.63. The quantitative estimate of drug-likeness (QED) is 0.807. The number of allylic oxidation sites excluding steroid dienone is 3. The van der Waals surface area contributed by atoms with E-state index in [1.54, 1.807) is 23.1 Å². The molecule has 4 nitrogen and oxygen atoms in total. The maximum atomic E-state index is 14.7. The largest absolute Gasteiger partial charge is 0.384 e. The number of benzene rings is 2. The summed E-state index contributed by atoms with van der Waals surface area (Å²) < 4.78 is 14.7. The maximum Gasteiger partial charge on any atom is 0.161 e. The predicted molar refractivity (Wildman–Crippen MR) is 110 cm³/mol. The summed E-state index contributed by atoms with van der Waals surface area (Å²) in [6, 6.07) is 14.5. The van der Waals surface area contributed by atoms with Crippen LogP contribution in [-0.2, 0) is 4.79 Å². The molecule has 0 radical (unpaired) electrons. The van der Waals surface area contributed by atoms with Crippen molar-refractivity contribution in [2.75, 3.05) is 4.90 Å². The smallest absolute Gasteiger partial charge is 0.161 e. The molecule has 0 unspecified atom stereocenters. The van der Waals surface area contributed by atoms with Gasteiger partial charge in [0, 0.05) is 17.7 Å². The van der Waals surface area contributed by atoms with Gasteiger partial charge < -0.3 is 5.73 Å². The van der Waals surface area contributed by atoms with Gasteiger partial charge in [-0.25, -0.2) is 4.39 Å². The molecule has 0 saturated carbocycles. The van der Waals surface area contributed by atoms with Crippen molar-refractivity contribution in [3.05, 3.63) is 87.6 Å². The Morgan fingerprint density at radius 1 is 1.17 bits per heavy atom. The molecule has 146 valence electrons. The van der Waals surface area contributed by atoms with E-state index >= 15 is 0 Å². The standard InChI is InChI=1S/C24H22FN3O/c1-14-10-11-15(2)16(12-14)22-17(13-26)24(27)28(19-7-4-3-6-18(19)25)20-8-5-9-21(29)23(20)22/h3-4,6-7,10-12,22H,5,8-9,27H2,1-2H3/t22-/m0/s1. The zero-order valence-electron chi connectivity index (χ0n) is 16.5. The molecule has 5 heteroatoms. The minimum atomic E-state index is -0.522. The highest BCUT2D eigenvalue weighted by atomic mass is 19.1. The van der Waals surface area contributed by atoms with Crippen molar-refractivity contribution in [2.45, 2.75) is 39.0 Å². The van der Waals surface area contributed by atoms with Crippen LogP contribution in [0.1, 0.15) is 41.9 Å². The summed E-state index contributed by atoms with van der Waals surface area (Å²) in [4.78, 5) is 14.7. The molecule has 1 aliphatic carbocycles. The summed E-state index contributed by atoms with van der Waals surface area (Å²) in [5, 5.41) is 10.0. The number of halogens is 1. The number of rotatable bonds is 2. The Labute approximate surface area is 169 Å². The summed E-state index contributed by atoms with van der Waals surface area (Å²) in [6.07, 6.45) is 1.71. The summed E-state index contributed by atoms with van der Waals surface area (Å²) in [5.74, 6) is -0.774. The lowest BCUT2D eigenvalue weighted by Gasteiger charge is -2.40. The Morgan fingerprint density at radius 3 is 2.66 bits per heavy atom. The minimum absolute atomic E-state index is 0.00116. The van der Waals surface area contributed by atoms with Crippen LogP contribution in [0.2, 0.25) is 0 Å². The molecule has 1 atom stereocenters. The molecule has 1 heterocycles. The summed E-state index contributed by atoms with van der Waals surface area (Å²) in [6.45, 7) is 3.95. The topological polar surface area (TPSA) is 70.1 Å². The van der Waals surface area contributed by atoms with Crippen molar-refractivity contribution in [3.63, 3.8) is 0 Å². The highest BCUT2D eigenvalue weighted by molar-refractivity contribution is 6.01. The summed E-state index contributed by atoms with van der Waals surface area (Å²) in [7, 11) is 0. The number of ketones is 1. The van der Waals surface area contributed by atoms with Gasteiger partial charge in [-0.1, -0.05) is 35.9 Å². The third-order valence-electron chi connectivity index (χ3n) is 5.75. The van der Waals surface area contributed by atoms with Crippen LogP contribution >= 0.6 is 0 Å². The maximum absolute atomic E-state index is 14.7. The zero-order valence-corrected chi connectivity index (χ0v) is 16.5. The highest BCUT2D eigenvalue weighted by Gasteiger charge is 2.41. The van der Waals surface area contributed by atoms with Crippen LogP contribution in [-0.4, -0.2) is 5.78 Å². The molecule has 2 aromatic carbocycles. The molecular formula is C24H22FN3O. The molecule has 0 bridgehead atoms. The van der Waals surface area contributed by atoms with Gasteiger partial charge >= 0.3 is 0 Å². The first-order valence-corrected chi connectivity index (χ1v) is 9.71. The van der Waals surface area contributed by atoms with E-state index in [4.69, 9.17) is 5.73 Å². The van der Waals surface area contributed by atoms with E-state index in [9.17, 15) is 14.4 Å². The van der Waals surface area contributed by atoms with Crippen LogP contribution in [0.5, 0.6) is 0 Å². The molecule has 2 aromatic rings. The lowest BCUT2D eigenvalue weighted by Crippen LogP contribution is -2.39. The number of nitrogens with zero attached hydrogens (tertiary/aromatic N) is 2. The fraction of sp³-hybridized carbons (Fsp3) is 0.250. The number of anilines is 1. The minimum Gasteiger partial charge on any atom is -0.384 e. The molecule has 0 aromatic heterocycles. The average molecular weight is 387 g/mol. The van der Waals surface area contributed by atoms with Crippen LogP contribution in [0.25, 0.3) is 0 Å². The van der Waals surface area contributed by atoms with Crippen molar-refractivity contribution in [3.8, 4) is 6.07 Å². The first kappa shape index (κ1) is 18.9. The number of nitrogens with two attached hydrogens (primary N) is 1. The second-order valence-electron chi connectivity index (χ2n) is 7.63. The van der Waals surface area contributed by atoms with Gasteiger partial charge in [-0.3, -0.25) is 9.69 Å². The van der Waals surface area contributed by atoms with Crippen LogP contribution in [0.4, 0.5) is 10.1 Å². The number of Topliss-reactive ketones (excluding diaryl/α,β-unsaturated/α-hetero) is 1. The lowest BCUT2D eigenvalue weighted by molar-refractivity contribution is -0.116. The molecule has 0 spiro atoms. The SMILES string of the molecule is Cc1ccc(C)c([C@H]2C(C#N)=C(N)N(c3ccccc3F)C3=C2C(=O)CCC3)c1. The molecule has 1 aliphatic heterocycles. The van der Waals surface area contributed by atoms with Gasteiger partial charge in [0.2, 0.25) is 0 Å². The van der Waals surface area contributed by atoms with Gasteiger partial charge in [0.15, 0.2) is 5.78 Å². The van der Waals surface area contributed by atoms with E-state index in [-0.39, 0.29) is 22.9 Å². The van der Waals surface area contributed by atoms with Gasteiger partial charge in [-0.15, -0.1) is 0 Å². The Kier molecular flexibility index (Phi) is 4.71. The second kappa shape index (κ2) is 7.21. The Hall–Kier alpha value is -3.39. The van der Waals surface area contributed by atoms with E-state index in [0.29, 0.717) is 30.5 Å². The first-order valence-electron chi connectivity index (χ1n) is 9.71. The van der Waals surface area contributed by atoms with Crippen molar-refractivity contribution in [1.82, 2.24) is 0 Å². The Bertz CT molecular complexity index is 1120. The highest BCUT2D eigenvalue weighted by Crippen LogP contribution is 2.47. The first-order chi connectivity index (χ1) is 13.9. The van der Waals surface area contributed by atoms with Crippen LogP contribution in [0.15, 0.2) is 65.1 Å². The molecule has 0 amide bonds. The van der Waals surface area contributed by atoms with Gasteiger partial charge in [0.05, 0.1) is 23.2 Å². The van der Waals surface area contributed by atoms with E-state index in [2.05, 4.69) is 6.07 Å². The fourth-order valence-electron chi connectivity index (χ4n) is 4.38. The van der Waals surface area contributed by atoms with Crippen LogP contribution in [0.3, 0.4) is 0 Å². The number of hydrogen-bond acceptors (Lipinski definition) is 4. The van der Waals surface area contributed by atoms with E-state index in [1.807, 2.05) is 32.0 Å². The van der Waals surface area contributed by atoms with Gasteiger partial charge in [-0.05, 0) is 49.9 Å². The third kappa shape index (κ3) is 3.01. The van der Waals surface area contributed by atoms with E-state index in [1.165, 1.54) is 6.07 Å². The van der Waals surface area contributed by atoms with Crippen molar-refractivity contribution in [2.24, 2.45) is 5.73 Å². The third-order valence-corrected chi connectivity index (χ3v) is 5.75. The van der Waals surface area contributed by atoms with Crippen molar-refractivity contribution in [1.29, 1.82) is 5.26 Å². The van der Waals surface area contributed by atoms with Crippen molar-refractivity contribution < 1.29 is 9.18 Å². The Morgan fingerprint density at radius 2 is 1.93 bits per heavy atom.